The van der Waals surface area contributed by atoms with Crippen LogP contribution in [0.1, 0.15) is 31.2 Å². The Bertz CT molecular complexity index is 590. The molecule has 4 rings (SSSR count). The second-order valence-corrected chi connectivity index (χ2v) is 5.70. The number of rotatable bonds is 1. The SMILES string of the molecule is OC1(c2cccc3ncccc23)C2CCCCC21. The molecule has 2 saturated carbocycles. The summed E-state index contributed by atoms with van der Waals surface area (Å²) < 4.78 is 0. The number of pyridine rings is 1. The van der Waals surface area contributed by atoms with Crippen molar-refractivity contribution < 1.29 is 5.11 Å². The Morgan fingerprint density at radius 1 is 1.06 bits per heavy atom. The lowest BCUT2D eigenvalue weighted by atomic mass is 9.98. The molecule has 2 aromatic rings. The Balaban J connectivity index is 1.88. The predicted molar refractivity (Wildman–Crippen MR) is 71.1 cm³/mol. The van der Waals surface area contributed by atoms with Gasteiger partial charge in [0.25, 0.3) is 0 Å². The van der Waals surface area contributed by atoms with Crippen molar-refractivity contribution in [2.75, 3.05) is 0 Å². The van der Waals surface area contributed by atoms with Gasteiger partial charge in [-0.1, -0.05) is 31.0 Å². The molecule has 0 aliphatic heterocycles. The maximum absolute atomic E-state index is 11.0. The van der Waals surface area contributed by atoms with Gasteiger partial charge in [-0.3, -0.25) is 4.98 Å². The first-order valence-electron chi connectivity index (χ1n) is 6.88. The van der Waals surface area contributed by atoms with Gasteiger partial charge >= 0.3 is 0 Å². The van der Waals surface area contributed by atoms with Crippen molar-refractivity contribution in [3.8, 4) is 0 Å². The van der Waals surface area contributed by atoms with E-state index in [0.717, 1.165) is 16.5 Å². The maximum Gasteiger partial charge on any atom is 0.0966 e. The van der Waals surface area contributed by atoms with Crippen LogP contribution < -0.4 is 0 Å². The summed E-state index contributed by atoms with van der Waals surface area (Å²) in [6, 6.07) is 10.2. The molecule has 2 heteroatoms. The molecule has 92 valence electrons. The van der Waals surface area contributed by atoms with Crippen molar-refractivity contribution in [3.05, 3.63) is 42.1 Å². The van der Waals surface area contributed by atoms with Crippen molar-refractivity contribution in [1.29, 1.82) is 0 Å². The first kappa shape index (κ1) is 10.5. The van der Waals surface area contributed by atoms with Crippen molar-refractivity contribution in [1.82, 2.24) is 4.98 Å². The van der Waals surface area contributed by atoms with Crippen LogP contribution in [0.25, 0.3) is 10.9 Å². The molecule has 2 fully saturated rings. The van der Waals surface area contributed by atoms with E-state index in [1.807, 2.05) is 24.4 Å². The topological polar surface area (TPSA) is 33.1 Å². The number of nitrogens with zero attached hydrogens (tertiary/aromatic N) is 1. The molecular weight excluding hydrogens is 222 g/mol. The average molecular weight is 239 g/mol. The van der Waals surface area contributed by atoms with E-state index in [1.54, 1.807) is 0 Å². The summed E-state index contributed by atoms with van der Waals surface area (Å²) >= 11 is 0. The lowest BCUT2D eigenvalue weighted by Gasteiger charge is -2.14. The highest BCUT2D eigenvalue weighted by molar-refractivity contribution is 5.83. The fraction of sp³-hybridized carbons (Fsp3) is 0.438. The summed E-state index contributed by atoms with van der Waals surface area (Å²) in [4.78, 5) is 4.39. The number of aromatic nitrogens is 1. The molecule has 2 aliphatic carbocycles. The molecular formula is C16H17NO. The van der Waals surface area contributed by atoms with Crippen molar-refractivity contribution in [2.45, 2.75) is 31.3 Å². The molecule has 1 heterocycles. The van der Waals surface area contributed by atoms with E-state index in [9.17, 15) is 5.11 Å². The summed E-state index contributed by atoms with van der Waals surface area (Å²) in [7, 11) is 0. The second-order valence-electron chi connectivity index (χ2n) is 5.70. The fourth-order valence-corrected chi connectivity index (χ4v) is 3.94. The van der Waals surface area contributed by atoms with E-state index < -0.39 is 5.60 Å². The number of hydrogen-bond donors (Lipinski definition) is 1. The van der Waals surface area contributed by atoms with Gasteiger partial charge in [0.05, 0.1) is 11.1 Å². The minimum Gasteiger partial charge on any atom is -0.385 e. The van der Waals surface area contributed by atoms with Crippen LogP contribution in [0.2, 0.25) is 0 Å². The molecule has 18 heavy (non-hydrogen) atoms. The summed E-state index contributed by atoms with van der Waals surface area (Å²) in [6.07, 6.45) is 6.71. The molecule has 0 spiro atoms. The number of hydrogen-bond acceptors (Lipinski definition) is 2. The van der Waals surface area contributed by atoms with Gasteiger partial charge in [0, 0.05) is 11.6 Å². The Morgan fingerprint density at radius 3 is 2.61 bits per heavy atom. The summed E-state index contributed by atoms with van der Waals surface area (Å²) in [5.41, 5.74) is 1.52. The third-order valence-electron chi connectivity index (χ3n) is 4.86. The Labute approximate surface area is 107 Å². The summed E-state index contributed by atoms with van der Waals surface area (Å²) in [5.74, 6) is 0.967. The van der Waals surface area contributed by atoms with Crippen LogP contribution in [0.4, 0.5) is 0 Å². The van der Waals surface area contributed by atoms with Crippen LogP contribution >= 0.6 is 0 Å². The van der Waals surface area contributed by atoms with Gasteiger partial charge in [0.1, 0.15) is 0 Å². The number of fused-ring (bicyclic) bond motifs is 2. The Kier molecular flexibility index (Phi) is 2.07. The minimum atomic E-state index is -0.570. The summed E-state index contributed by atoms with van der Waals surface area (Å²) in [6.45, 7) is 0. The molecule has 1 aromatic heterocycles. The monoisotopic (exact) mass is 239 g/mol. The molecule has 0 radical (unpaired) electrons. The van der Waals surface area contributed by atoms with Crippen LogP contribution in [0, 0.1) is 11.8 Å². The van der Waals surface area contributed by atoms with Gasteiger partial charge in [0.2, 0.25) is 0 Å². The molecule has 2 nitrogen and oxygen atoms in total. The second kappa shape index (κ2) is 3.55. The van der Waals surface area contributed by atoms with Crippen LogP contribution in [-0.4, -0.2) is 10.1 Å². The predicted octanol–water partition coefficient (Wildman–Crippen LogP) is 3.24. The van der Waals surface area contributed by atoms with Gasteiger partial charge in [-0.25, -0.2) is 0 Å². The van der Waals surface area contributed by atoms with Crippen LogP contribution in [0.5, 0.6) is 0 Å². The first-order chi connectivity index (χ1) is 8.82. The van der Waals surface area contributed by atoms with Crippen molar-refractivity contribution in [3.63, 3.8) is 0 Å². The van der Waals surface area contributed by atoms with Crippen molar-refractivity contribution >= 4 is 10.9 Å². The van der Waals surface area contributed by atoms with E-state index in [-0.39, 0.29) is 0 Å². The number of aliphatic hydroxyl groups is 1. The van der Waals surface area contributed by atoms with Crippen LogP contribution in [0.3, 0.4) is 0 Å². The largest absolute Gasteiger partial charge is 0.385 e. The van der Waals surface area contributed by atoms with Gasteiger partial charge in [-0.15, -0.1) is 0 Å². The molecule has 2 aliphatic rings. The normalized spacial score (nSPS) is 34.3. The molecule has 1 aromatic carbocycles. The molecule has 2 atom stereocenters. The van der Waals surface area contributed by atoms with Gasteiger partial charge in [-0.2, -0.15) is 0 Å². The highest BCUT2D eigenvalue weighted by Gasteiger charge is 2.64. The molecule has 0 bridgehead atoms. The van der Waals surface area contributed by atoms with Gasteiger partial charge in [-0.05, 0) is 42.4 Å². The molecule has 0 saturated heterocycles. The van der Waals surface area contributed by atoms with E-state index in [4.69, 9.17) is 0 Å². The lowest BCUT2D eigenvalue weighted by molar-refractivity contribution is 0.119. The van der Waals surface area contributed by atoms with E-state index >= 15 is 0 Å². The molecule has 0 amide bonds. The average Bonchev–Trinajstić information content (AvgIpc) is 3.06. The minimum absolute atomic E-state index is 0.483. The zero-order valence-corrected chi connectivity index (χ0v) is 10.3. The van der Waals surface area contributed by atoms with Crippen LogP contribution in [-0.2, 0) is 5.60 Å². The maximum atomic E-state index is 11.0. The van der Waals surface area contributed by atoms with E-state index in [0.29, 0.717) is 11.8 Å². The third kappa shape index (κ3) is 1.24. The standard InChI is InChI=1S/C16H17NO/c18-16(13-6-1-2-7-14(13)16)12-8-3-9-15-11(12)5-4-10-17-15/h3-5,8-10,13-14,18H,1-2,6-7H2. The third-order valence-corrected chi connectivity index (χ3v) is 4.86. The number of benzene rings is 1. The van der Waals surface area contributed by atoms with E-state index in [1.165, 1.54) is 25.7 Å². The van der Waals surface area contributed by atoms with Gasteiger partial charge in [0.15, 0.2) is 0 Å². The van der Waals surface area contributed by atoms with Crippen LogP contribution in [0.15, 0.2) is 36.5 Å². The smallest absolute Gasteiger partial charge is 0.0966 e. The Morgan fingerprint density at radius 2 is 1.83 bits per heavy atom. The van der Waals surface area contributed by atoms with Crippen molar-refractivity contribution in [2.24, 2.45) is 11.8 Å². The zero-order chi connectivity index (χ0) is 12.2. The highest BCUT2D eigenvalue weighted by Crippen LogP contribution is 2.65. The first-order valence-corrected chi connectivity index (χ1v) is 6.88. The quantitative estimate of drug-likeness (QED) is 0.828. The molecule has 1 N–H and O–H groups in total. The lowest BCUT2D eigenvalue weighted by Crippen LogP contribution is -2.11. The summed E-state index contributed by atoms with van der Waals surface area (Å²) in [5, 5.41) is 12.2. The Hall–Kier alpha value is -1.41. The van der Waals surface area contributed by atoms with Gasteiger partial charge < -0.3 is 5.11 Å². The molecule has 2 unspecified atom stereocenters. The van der Waals surface area contributed by atoms with E-state index in [2.05, 4.69) is 17.1 Å². The zero-order valence-electron chi connectivity index (χ0n) is 10.3. The highest BCUT2D eigenvalue weighted by atomic mass is 16.3. The fourth-order valence-electron chi connectivity index (χ4n) is 3.94.